The van der Waals surface area contributed by atoms with Crippen molar-refractivity contribution >= 4 is 5.69 Å². The van der Waals surface area contributed by atoms with Gasteiger partial charge < -0.3 is 10.4 Å². The van der Waals surface area contributed by atoms with Gasteiger partial charge in [-0.3, -0.25) is 0 Å². The number of phenols is 1. The molecule has 0 aliphatic rings. The molecule has 0 heterocycles. The monoisotopic (exact) mass is 169 g/mol. The standard InChI is InChI=1S/C9H12FNO/c1-6(2)11-9-4-3-7(12)5-8(9)10/h3-6,11-12H,1-2H3. The Morgan fingerprint density at radius 3 is 2.58 bits per heavy atom. The van der Waals surface area contributed by atoms with Gasteiger partial charge in [-0.05, 0) is 26.0 Å². The molecule has 12 heavy (non-hydrogen) atoms. The van der Waals surface area contributed by atoms with Crippen LogP contribution in [0.15, 0.2) is 18.2 Å². The van der Waals surface area contributed by atoms with E-state index in [1.165, 1.54) is 12.1 Å². The van der Waals surface area contributed by atoms with Crippen LogP contribution in [0.4, 0.5) is 10.1 Å². The minimum absolute atomic E-state index is 0.0539. The molecule has 0 saturated carbocycles. The number of nitrogens with one attached hydrogen (secondary N) is 1. The summed E-state index contributed by atoms with van der Waals surface area (Å²) < 4.78 is 13.0. The average Bonchev–Trinajstić information content (AvgIpc) is 1.94. The summed E-state index contributed by atoms with van der Waals surface area (Å²) in [6, 6.07) is 4.24. The van der Waals surface area contributed by atoms with Gasteiger partial charge in [-0.25, -0.2) is 4.39 Å². The van der Waals surface area contributed by atoms with Crippen LogP contribution in [0.1, 0.15) is 13.8 Å². The normalized spacial score (nSPS) is 10.3. The molecule has 0 bridgehead atoms. The highest BCUT2D eigenvalue weighted by Crippen LogP contribution is 2.19. The molecule has 0 radical (unpaired) electrons. The van der Waals surface area contributed by atoms with E-state index in [2.05, 4.69) is 5.32 Å². The third kappa shape index (κ3) is 2.12. The van der Waals surface area contributed by atoms with Crippen molar-refractivity contribution in [3.63, 3.8) is 0 Å². The molecule has 1 rings (SSSR count). The van der Waals surface area contributed by atoms with Gasteiger partial charge in [0.05, 0.1) is 5.69 Å². The van der Waals surface area contributed by atoms with Crippen LogP contribution in [0, 0.1) is 5.82 Å². The van der Waals surface area contributed by atoms with Crippen LogP contribution in [-0.2, 0) is 0 Å². The largest absolute Gasteiger partial charge is 0.508 e. The highest BCUT2D eigenvalue weighted by Gasteiger charge is 2.02. The molecular weight excluding hydrogens is 157 g/mol. The fraction of sp³-hybridized carbons (Fsp3) is 0.333. The molecule has 0 spiro atoms. The second-order valence-electron chi connectivity index (χ2n) is 2.96. The summed E-state index contributed by atoms with van der Waals surface area (Å²) >= 11 is 0. The van der Waals surface area contributed by atoms with Crippen molar-refractivity contribution in [1.29, 1.82) is 0 Å². The lowest BCUT2D eigenvalue weighted by atomic mass is 10.2. The third-order valence-corrected chi connectivity index (χ3v) is 1.40. The van der Waals surface area contributed by atoms with Gasteiger partial charge in [-0.2, -0.15) is 0 Å². The first-order valence-electron chi connectivity index (χ1n) is 3.84. The summed E-state index contributed by atoms with van der Waals surface area (Å²) in [5.74, 6) is -0.481. The third-order valence-electron chi connectivity index (χ3n) is 1.40. The van der Waals surface area contributed by atoms with Crippen molar-refractivity contribution in [3.8, 4) is 5.75 Å². The number of aromatic hydroxyl groups is 1. The molecular formula is C9H12FNO. The Hall–Kier alpha value is -1.25. The van der Waals surface area contributed by atoms with Gasteiger partial charge >= 0.3 is 0 Å². The maximum atomic E-state index is 13.0. The van der Waals surface area contributed by atoms with Gasteiger partial charge in [-0.15, -0.1) is 0 Å². The minimum atomic E-state index is -0.427. The summed E-state index contributed by atoms with van der Waals surface area (Å²) in [4.78, 5) is 0. The van der Waals surface area contributed by atoms with Crippen LogP contribution in [0.5, 0.6) is 5.75 Å². The van der Waals surface area contributed by atoms with Gasteiger partial charge in [0.1, 0.15) is 11.6 Å². The SMILES string of the molecule is CC(C)Nc1ccc(O)cc1F. The molecule has 1 aromatic rings. The van der Waals surface area contributed by atoms with Crippen molar-refractivity contribution in [3.05, 3.63) is 24.0 Å². The molecule has 0 aromatic heterocycles. The molecule has 2 N–H and O–H groups in total. The summed E-state index contributed by atoms with van der Waals surface area (Å²) in [6.45, 7) is 3.85. The number of hydrogen-bond donors (Lipinski definition) is 2. The number of halogens is 1. The molecule has 0 atom stereocenters. The van der Waals surface area contributed by atoms with Crippen LogP contribution < -0.4 is 5.32 Å². The molecule has 0 saturated heterocycles. The molecule has 2 nitrogen and oxygen atoms in total. The second kappa shape index (κ2) is 3.43. The highest BCUT2D eigenvalue weighted by molar-refractivity contribution is 5.48. The van der Waals surface area contributed by atoms with E-state index in [0.29, 0.717) is 5.69 Å². The molecule has 0 amide bonds. The molecule has 3 heteroatoms. The maximum Gasteiger partial charge on any atom is 0.149 e. The van der Waals surface area contributed by atoms with E-state index in [9.17, 15) is 4.39 Å². The van der Waals surface area contributed by atoms with E-state index in [1.54, 1.807) is 0 Å². The van der Waals surface area contributed by atoms with Crippen LogP contribution in [-0.4, -0.2) is 11.1 Å². The van der Waals surface area contributed by atoms with Gasteiger partial charge in [0.15, 0.2) is 0 Å². The Bertz CT molecular complexity index is 273. The predicted octanol–water partition coefficient (Wildman–Crippen LogP) is 2.35. The first kappa shape index (κ1) is 8.84. The fourth-order valence-corrected chi connectivity index (χ4v) is 0.932. The summed E-state index contributed by atoms with van der Waals surface area (Å²) in [7, 11) is 0. The zero-order valence-corrected chi connectivity index (χ0v) is 7.13. The van der Waals surface area contributed by atoms with Crippen molar-refractivity contribution < 1.29 is 9.50 Å². The molecule has 0 unspecified atom stereocenters. The van der Waals surface area contributed by atoms with E-state index in [0.717, 1.165) is 6.07 Å². The second-order valence-corrected chi connectivity index (χ2v) is 2.96. The molecule has 0 aliphatic carbocycles. The number of phenolic OH excluding ortho intramolecular Hbond substituents is 1. The fourth-order valence-electron chi connectivity index (χ4n) is 0.932. The lowest BCUT2D eigenvalue weighted by Gasteiger charge is -2.10. The Morgan fingerprint density at radius 1 is 1.42 bits per heavy atom. The number of rotatable bonds is 2. The van der Waals surface area contributed by atoms with Crippen molar-refractivity contribution in [2.24, 2.45) is 0 Å². The van der Waals surface area contributed by atoms with Gasteiger partial charge in [0.2, 0.25) is 0 Å². The topological polar surface area (TPSA) is 32.3 Å². The molecule has 0 fully saturated rings. The lowest BCUT2D eigenvalue weighted by molar-refractivity contribution is 0.469. The summed E-state index contributed by atoms with van der Waals surface area (Å²) in [5, 5.41) is 11.8. The van der Waals surface area contributed by atoms with E-state index < -0.39 is 5.82 Å². The number of hydrogen-bond acceptors (Lipinski definition) is 2. The van der Waals surface area contributed by atoms with Crippen molar-refractivity contribution in [2.45, 2.75) is 19.9 Å². The lowest BCUT2D eigenvalue weighted by Crippen LogP contribution is -2.10. The molecule has 1 aromatic carbocycles. The van der Waals surface area contributed by atoms with E-state index in [4.69, 9.17) is 5.11 Å². The van der Waals surface area contributed by atoms with E-state index >= 15 is 0 Å². The average molecular weight is 169 g/mol. The van der Waals surface area contributed by atoms with Crippen LogP contribution in [0.3, 0.4) is 0 Å². The smallest absolute Gasteiger partial charge is 0.149 e. The summed E-state index contributed by atoms with van der Waals surface area (Å²) in [5.41, 5.74) is 0.419. The zero-order chi connectivity index (χ0) is 9.14. The predicted molar refractivity (Wildman–Crippen MR) is 46.8 cm³/mol. The van der Waals surface area contributed by atoms with Gasteiger partial charge in [-0.1, -0.05) is 0 Å². The Balaban J connectivity index is 2.86. The van der Waals surface area contributed by atoms with Gasteiger partial charge in [0.25, 0.3) is 0 Å². The Kier molecular flexibility index (Phi) is 2.53. The van der Waals surface area contributed by atoms with Crippen LogP contribution in [0.2, 0.25) is 0 Å². The van der Waals surface area contributed by atoms with E-state index in [1.807, 2.05) is 13.8 Å². The molecule has 0 aliphatic heterocycles. The zero-order valence-electron chi connectivity index (χ0n) is 7.13. The van der Waals surface area contributed by atoms with Crippen molar-refractivity contribution in [1.82, 2.24) is 0 Å². The van der Waals surface area contributed by atoms with Crippen LogP contribution in [0.25, 0.3) is 0 Å². The maximum absolute atomic E-state index is 13.0. The first-order chi connectivity index (χ1) is 5.59. The summed E-state index contributed by atoms with van der Waals surface area (Å²) in [6.07, 6.45) is 0. The van der Waals surface area contributed by atoms with Crippen LogP contribution >= 0.6 is 0 Å². The van der Waals surface area contributed by atoms with Crippen molar-refractivity contribution in [2.75, 3.05) is 5.32 Å². The Morgan fingerprint density at radius 2 is 2.08 bits per heavy atom. The number of benzene rings is 1. The number of anilines is 1. The highest BCUT2D eigenvalue weighted by atomic mass is 19.1. The quantitative estimate of drug-likeness (QED) is 0.666. The Labute approximate surface area is 71.0 Å². The van der Waals surface area contributed by atoms with E-state index in [-0.39, 0.29) is 11.8 Å². The first-order valence-corrected chi connectivity index (χ1v) is 3.84. The minimum Gasteiger partial charge on any atom is -0.508 e. The molecule has 66 valence electrons. The van der Waals surface area contributed by atoms with Gasteiger partial charge in [0, 0.05) is 12.1 Å².